The minimum atomic E-state index is -0.906. The van der Waals surface area contributed by atoms with Crippen LogP contribution in [0.15, 0.2) is 36.4 Å². The quantitative estimate of drug-likeness (QED) is 0.390. The Morgan fingerprint density at radius 3 is 2.28 bits per heavy atom. The van der Waals surface area contributed by atoms with Gasteiger partial charge in [-0.1, -0.05) is 51.3 Å². The van der Waals surface area contributed by atoms with Crippen molar-refractivity contribution in [1.82, 2.24) is 9.97 Å². The third kappa shape index (κ3) is 4.88. The molecule has 1 heterocycles. The van der Waals surface area contributed by atoms with E-state index in [9.17, 15) is 14.7 Å². The number of hydrogen-bond acceptors (Lipinski definition) is 7. The molecule has 0 fully saturated rings. The highest BCUT2D eigenvalue weighted by Gasteiger charge is 2.31. The van der Waals surface area contributed by atoms with Gasteiger partial charge in [0.2, 0.25) is 0 Å². The first-order chi connectivity index (χ1) is 15.4. The topological polar surface area (TPSA) is 98.6 Å². The Morgan fingerprint density at radius 1 is 0.969 bits per heavy atom. The van der Waals surface area contributed by atoms with Gasteiger partial charge in [-0.25, -0.2) is 14.8 Å². The first kappa shape index (κ1) is 23.6. The maximum absolute atomic E-state index is 12.7. The summed E-state index contributed by atoms with van der Waals surface area (Å²) in [5.74, 6) is -1.32. The highest BCUT2D eigenvalue weighted by molar-refractivity contribution is 6.03. The second-order valence-corrected chi connectivity index (χ2v) is 8.12. The molecule has 0 amide bonds. The normalized spacial score (nSPS) is 14.2. The zero-order valence-corrected chi connectivity index (χ0v) is 19.0. The predicted molar refractivity (Wildman–Crippen MR) is 122 cm³/mol. The maximum atomic E-state index is 12.7. The highest BCUT2D eigenvalue weighted by atomic mass is 16.5. The van der Waals surface area contributed by atoms with E-state index in [2.05, 4.69) is 18.8 Å². The highest BCUT2D eigenvalue weighted by Crippen LogP contribution is 2.31. The number of nitrogens with zero attached hydrogens (tertiary/aromatic N) is 2. The van der Waals surface area contributed by atoms with Crippen molar-refractivity contribution in [1.29, 1.82) is 0 Å². The summed E-state index contributed by atoms with van der Waals surface area (Å²) in [6, 6.07) is 10.4. The molecule has 0 saturated carbocycles. The summed E-state index contributed by atoms with van der Waals surface area (Å²) in [6.07, 6.45) is 2.45. The van der Waals surface area contributed by atoms with Crippen molar-refractivity contribution in [2.75, 3.05) is 14.2 Å². The fourth-order valence-corrected chi connectivity index (χ4v) is 3.93. The van der Waals surface area contributed by atoms with Crippen molar-refractivity contribution in [3.8, 4) is 0 Å². The summed E-state index contributed by atoms with van der Waals surface area (Å²) < 4.78 is 9.89. The average Bonchev–Trinajstić information content (AvgIpc) is 2.81. The number of hydrogen-bond donors (Lipinski definition) is 1. The second kappa shape index (κ2) is 10.5. The maximum Gasteiger partial charge on any atom is 0.340 e. The van der Waals surface area contributed by atoms with E-state index < -0.39 is 24.0 Å². The van der Waals surface area contributed by atoms with Crippen LogP contribution in [0.1, 0.15) is 61.4 Å². The fraction of sp³-hybridized carbons (Fsp3) is 0.440. The van der Waals surface area contributed by atoms with E-state index in [-0.39, 0.29) is 0 Å². The van der Waals surface area contributed by atoms with Crippen LogP contribution in [-0.2, 0) is 14.3 Å². The number of benzene rings is 2. The zero-order valence-electron chi connectivity index (χ0n) is 19.0. The van der Waals surface area contributed by atoms with Gasteiger partial charge in [0, 0.05) is 0 Å². The van der Waals surface area contributed by atoms with Crippen molar-refractivity contribution < 1.29 is 24.2 Å². The number of aromatic nitrogens is 2. The minimum Gasteiger partial charge on any atom is -0.468 e. The smallest absolute Gasteiger partial charge is 0.340 e. The molecule has 0 aliphatic carbocycles. The lowest BCUT2D eigenvalue weighted by atomic mass is 9.88. The van der Waals surface area contributed by atoms with Gasteiger partial charge in [0.25, 0.3) is 0 Å². The Balaban J connectivity index is 2.07. The Kier molecular flexibility index (Phi) is 7.75. The largest absolute Gasteiger partial charge is 0.468 e. The van der Waals surface area contributed by atoms with Crippen LogP contribution in [0.5, 0.6) is 0 Å². The fourth-order valence-electron chi connectivity index (χ4n) is 3.93. The third-order valence-electron chi connectivity index (χ3n) is 6.00. The van der Waals surface area contributed by atoms with E-state index in [0.717, 1.165) is 19.3 Å². The standard InChI is InChI=1S/C25H30N2O5/c1-5-15(2)9-6-14-20(28)21(25(30)32-4)16-10-7-12-18-22(16)26-19-13-8-11-17(23(19)27-18)24(29)31-3/h7-8,10-13,15,20-21,28H,5-6,9,14H2,1-4H3/t15-,20-,21+/m0/s1. The van der Waals surface area contributed by atoms with E-state index in [4.69, 9.17) is 14.5 Å². The van der Waals surface area contributed by atoms with Gasteiger partial charge in [-0.05, 0) is 36.1 Å². The molecule has 1 N–H and O–H groups in total. The Morgan fingerprint density at radius 2 is 1.62 bits per heavy atom. The molecule has 3 rings (SSSR count). The number of rotatable bonds is 9. The van der Waals surface area contributed by atoms with E-state index in [1.807, 2.05) is 0 Å². The number of fused-ring (bicyclic) bond motifs is 2. The molecule has 0 radical (unpaired) electrons. The lowest BCUT2D eigenvalue weighted by molar-refractivity contribution is -0.145. The van der Waals surface area contributed by atoms with Crippen molar-refractivity contribution in [2.24, 2.45) is 5.92 Å². The number of para-hydroxylation sites is 2. The number of aliphatic hydroxyl groups is 1. The van der Waals surface area contributed by atoms with Gasteiger partial charge in [0.05, 0.1) is 42.4 Å². The number of ether oxygens (including phenoxy) is 2. The second-order valence-electron chi connectivity index (χ2n) is 8.12. The number of carbonyl (C=O) groups is 2. The third-order valence-corrected chi connectivity index (χ3v) is 6.00. The minimum absolute atomic E-state index is 0.319. The van der Waals surface area contributed by atoms with Crippen LogP contribution in [0.2, 0.25) is 0 Å². The number of esters is 2. The molecule has 0 bridgehead atoms. The van der Waals surface area contributed by atoms with Crippen molar-refractivity contribution in [2.45, 2.75) is 51.6 Å². The molecule has 0 aliphatic rings. The summed E-state index contributed by atoms with van der Waals surface area (Å²) in [4.78, 5) is 34.2. The van der Waals surface area contributed by atoms with Crippen molar-refractivity contribution >= 4 is 34.0 Å². The number of aliphatic hydroxyl groups excluding tert-OH is 1. The monoisotopic (exact) mass is 438 g/mol. The van der Waals surface area contributed by atoms with Gasteiger partial charge >= 0.3 is 11.9 Å². The molecular weight excluding hydrogens is 408 g/mol. The molecule has 3 atom stereocenters. The van der Waals surface area contributed by atoms with Crippen LogP contribution in [0.25, 0.3) is 22.1 Å². The Bertz CT molecular complexity index is 1110. The lowest BCUT2D eigenvalue weighted by Crippen LogP contribution is -2.28. The van der Waals surface area contributed by atoms with Crippen LogP contribution in [-0.4, -0.2) is 47.3 Å². The van der Waals surface area contributed by atoms with Crippen LogP contribution in [0.4, 0.5) is 0 Å². The molecule has 32 heavy (non-hydrogen) atoms. The van der Waals surface area contributed by atoms with Crippen molar-refractivity contribution in [3.63, 3.8) is 0 Å². The van der Waals surface area contributed by atoms with Gasteiger partial charge in [-0.2, -0.15) is 0 Å². The molecule has 7 nitrogen and oxygen atoms in total. The first-order valence-electron chi connectivity index (χ1n) is 10.9. The molecule has 0 spiro atoms. The molecule has 1 aromatic heterocycles. The molecule has 0 aliphatic heterocycles. The van der Waals surface area contributed by atoms with Gasteiger partial charge in [-0.3, -0.25) is 4.79 Å². The van der Waals surface area contributed by atoms with Crippen LogP contribution in [0.3, 0.4) is 0 Å². The molecule has 0 saturated heterocycles. The van der Waals surface area contributed by atoms with Crippen LogP contribution in [0, 0.1) is 5.92 Å². The zero-order chi connectivity index (χ0) is 23.3. The van der Waals surface area contributed by atoms with E-state index >= 15 is 0 Å². The Labute approximate surface area is 187 Å². The molecule has 2 aromatic carbocycles. The molecule has 0 unspecified atom stereocenters. The molecule has 170 valence electrons. The van der Waals surface area contributed by atoms with Gasteiger partial charge < -0.3 is 14.6 Å². The van der Waals surface area contributed by atoms with Gasteiger partial charge in [0.1, 0.15) is 11.4 Å². The van der Waals surface area contributed by atoms with Gasteiger partial charge in [-0.15, -0.1) is 0 Å². The van der Waals surface area contributed by atoms with E-state index in [0.29, 0.717) is 45.5 Å². The van der Waals surface area contributed by atoms with E-state index in [1.54, 1.807) is 36.4 Å². The van der Waals surface area contributed by atoms with Crippen molar-refractivity contribution in [3.05, 3.63) is 47.5 Å². The molecule has 7 heteroatoms. The SMILES string of the molecule is CC[C@H](C)CCC[C@H](O)[C@H](C(=O)OC)c1cccc2nc3c(C(=O)OC)cccc3nc12. The molecular formula is C25H30N2O5. The summed E-state index contributed by atoms with van der Waals surface area (Å²) in [6.45, 7) is 4.32. The predicted octanol–water partition coefficient (Wildman–Crippen LogP) is 4.40. The Hall–Kier alpha value is -3.06. The number of carbonyl (C=O) groups excluding carboxylic acids is 2. The summed E-state index contributed by atoms with van der Waals surface area (Å²) in [5, 5.41) is 11.0. The first-order valence-corrected chi connectivity index (χ1v) is 10.9. The average molecular weight is 439 g/mol. The molecule has 3 aromatic rings. The lowest BCUT2D eigenvalue weighted by Gasteiger charge is -2.22. The summed E-state index contributed by atoms with van der Waals surface area (Å²) >= 11 is 0. The van der Waals surface area contributed by atoms with E-state index in [1.165, 1.54) is 14.2 Å². The van der Waals surface area contributed by atoms with Crippen LogP contribution < -0.4 is 0 Å². The summed E-state index contributed by atoms with van der Waals surface area (Å²) in [5.41, 5.74) is 2.82. The summed E-state index contributed by atoms with van der Waals surface area (Å²) in [7, 11) is 2.63. The number of methoxy groups -OCH3 is 2. The van der Waals surface area contributed by atoms with Crippen LogP contribution >= 0.6 is 0 Å². The van der Waals surface area contributed by atoms with Gasteiger partial charge in [0.15, 0.2) is 0 Å².